The normalized spacial score (nSPS) is 11.1. The van der Waals surface area contributed by atoms with Gasteiger partial charge >= 0.3 is 6.03 Å². The molecule has 3 N–H and O–H groups in total. The number of aliphatic hydroxyl groups is 1. The zero-order chi connectivity index (χ0) is 13.8. The minimum atomic E-state index is -0.487. The van der Waals surface area contributed by atoms with Gasteiger partial charge in [0.25, 0.3) is 0 Å². The van der Waals surface area contributed by atoms with Crippen molar-refractivity contribution in [3.05, 3.63) is 28.7 Å². The maximum Gasteiger partial charge on any atom is 0.319 e. The number of aryl methyl sites for hydroxylation is 1. The fourth-order valence-electron chi connectivity index (χ4n) is 1.48. The number of nitrogens with zero attached hydrogens (tertiary/aromatic N) is 1. The quantitative estimate of drug-likeness (QED) is 0.737. The smallest absolute Gasteiger partial charge is 0.319 e. The van der Waals surface area contributed by atoms with E-state index >= 15 is 0 Å². The molecule has 0 aliphatic heterocycles. The van der Waals surface area contributed by atoms with E-state index in [1.165, 1.54) is 10.6 Å². The summed E-state index contributed by atoms with van der Waals surface area (Å²) < 4.78 is 1.38. The Bertz CT molecular complexity index is 480. The second-order valence-corrected chi connectivity index (χ2v) is 4.80. The molecule has 0 spiro atoms. The Hall–Kier alpha value is -1.82. The minimum Gasteiger partial charge on any atom is -0.396 e. The Balaban J connectivity index is 2.65. The van der Waals surface area contributed by atoms with Gasteiger partial charge in [-0.15, -0.1) is 0 Å². The molecule has 0 fully saturated rings. The maximum atomic E-state index is 11.7. The highest BCUT2D eigenvalue weighted by Crippen LogP contribution is 2.08. The summed E-state index contributed by atoms with van der Waals surface area (Å²) in [6.45, 7) is 3.65. The van der Waals surface area contributed by atoms with Gasteiger partial charge in [-0.1, -0.05) is 0 Å². The van der Waals surface area contributed by atoms with Gasteiger partial charge in [-0.05, 0) is 26.3 Å². The van der Waals surface area contributed by atoms with Gasteiger partial charge in [0.2, 0.25) is 5.56 Å². The monoisotopic (exact) mass is 253 g/mol. The number of carbonyl (C=O) groups is 1. The number of pyridine rings is 1. The third kappa shape index (κ3) is 4.21. The zero-order valence-electron chi connectivity index (χ0n) is 10.9. The van der Waals surface area contributed by atoms with Crippen LogP contribution in [0.1, 0.15) is 20.3 Å². The van der Waals surface area contributed by atoms with Crippen molar-refractivity contribution in [2.75, 3.05) is 11.9 Å². The molecule has 0 aliphatic rings. The molecule has 100 valence electrons. The van der Waals surface area contributed by atoms with Crippen LogP contribution >= 0.6 is 0 Å². The van der Waals surface area contributed by atoms with E-state index in [4.69, 9.17) is 5.11 Å². The summed E-state index contributed by atoms with van der Waals surface area (Å²) in [5, 5.41) is 14.2. The number of aliphatic hydroxyl groups excluding tert-OH is 1. The number of hydrogen-bond acceptors (Lipinski definition) is 3. The first-order valence-corrected chi connectivity index (χ1v) is 5.71. The fourth-order valence-corrected chi connectivity index (χ4v) is 1.48. The van der Waals surface area contributed by atoms with Crippen molar-refractivity contribution in [2.45, 2.75) is 25.8 Å². The third-order valence-corrected chi connectivity index (χ3v) is 2.53. The van der Waals surface area contributed by atoms with E-state index in [1.807, 2.05) is 13.8 Å². The molecule has 0 atom stereocenters. The molecule has 1 aromatic rings. The lowest BCUT2D eigenvalue weighted by atomic mass is 10.0. The van der Waals surface area contributed by atoms with E-state index in [2.05, 4.69) is 10.6 Å². The van der Waals surface area contributed by atoms with Gasteiger partial charge in [0.15, 0.2) is 0 Å². The highest BCUT2D eigenvalue weighted by atomic mass is 16.3. The number of carbonyl (C=O) groups excluding carboxylic acids is 1. The van der Waals surface area contributed by atoms with Gasteiger partial charge in [0.1, 0.15) is 0 Å². The van der Waals surface area contributed by atoms with Crippen LogP contribution in [0.15, 0.2) is 23.1 Å². The number of aromatic nitrogens is 1. The van der Waals surface area contributed by atoms with Gasteiger partial charge in [-0.25, -0.2) is 4.79 Å². The van der Waals surface area contributed by atoms with Gasteiger partial charge < -0.3 is 20.3 Å². The fraction of sp³-hybridized carbons (Fsp3) is 0.500. The van der Waals surface area contributed by atoms with Crippen LogP contribution in [0.4, 0.5) is 10.5 Å². The first-order valence-electron chi connectivity index (χ1n) is 5.71. The molecule has 0 aliphatic carbocycles. The van der Waals surface area contributed by atoms with Crippen molar-refractivity contribution in [1.82, 2.24) is 9.88 Å². The molecule has 0 saturated carbocycles. The summed E-state index contributed by atoms with van der Waals surface area (Å²) >= 11 is 0. The molecule has 2 amide bonds. The average molecular weight is 253 g/mol. The summed E-state index contributed by atoms with van der Waals surface area (Å²) in [6.07, 6.45) is 2.01. The average Bonchev–Trinajstić information content (AvgIpc) is 2.22. The molecular weight excluding hydrogens is 234 g/mol. The molecule has 6 heteroatoms. The number of nitrogens with one attached hydrogen (secondary N) is 2. The number of rotatable bonds is 4. The third-order valence-electron chi connectivity index (χ3n) is 2.53. The zero-order valence-corrected chi connectivity index (χ0v) is 10.9. The number of anilines is 1. The van der Waals surface area contributed by atoms with E-state index in [-0.39, 0.29) is 18.2 Å². The number of amides is 2. The molecule has 6 nitrogen and oxygen atoms in total. The molecular formula is C12H19N3O3. The van der Waals surface area contributed by atoms with Crippen molar-refractivity contribution in [1.29, 1.82) is 0 Å². The van der Waals surface area contributed by atoms with Crippen LogP contribution in [0.3, 0.4) is 0 Å². The maximum absolute atomic E-state index is 11.7. The lowest BCUT2D eigenvalue weighted by molar-refractivity contribution is 0.218. The lowest BCUT2D eigenvalue weighted by Gasteiger charge is -2.25. The molecule has 1 aromatic heterocycles. The summed E-state index contributed by atoms with van der Waals surface area (Å²) in [6, 6.07) is 2.56. The van der Waals surface area contributed by atoms with Crippen LogP contribution in [-0.2, 0) is 7.05 Å². The summed E-state index contributed by atoms with van der Waals surface area (Å²) in [5.74, 6) is 0. The van der Waals surface area contributed by atoms with Crippen LogP contribution in [0.5, 0.6) is 0 Å². The molecule has 0 unspecified atom stereocenters. The Morgan fingerprint density at radius 1 is 1.44 bits per heavy atom. The van der Waals surface area contributed by atoms with Crippen LogP contribution in [0, 0.1) is 0 Å². The standard InChI is InChI=1S/C12H19N3O3/c1-12(2,6-7-16)14-11(18)13-9-4-5-10(17)15(3)8-9/h4-5,8,16H,6-7H2,1-3H3,(H2,13,14,18). The Kier molecular flexibility index (Phi) is 4.49. The molecule has 0 saturated heterocycles. The highest BCUT2D eigenvalue weighted by Gasteiger charge is 2.19. The summed E-state index contributed by atoms with van der Waals surface area (Å²) in [7, 11) is 1.61. The van der Waals surface area contributed by atoms with Crippen molar-refractivity contribution in [3.8, 4) is 0 Å². The van der Waals surface area contributed by atoms with Gasteiger partial charge in [-0.2, -0.15) is 0 Å². The summed E-state index contributed by atoms with van der Waals surface area (Å²) in [5.41, 5.74) is -0.0876. The second-order valence-electron chi connectivity index (χ2n) is 4.80. The van der Waals surface area contributed by atoms with E-state index < -0.39 is 5.54 Å². The van der Waals surface area contributed by atoms with Crippen molar-refractivity contribution < 1.29 is 9.90 Å². The van der Waals surface area contributed by atoms with Gasteiger partial charge in [0.05, 0.1) is 5.69 Å². The number of hydrogen-bond donors (Lipinski definition) is 3. The van der Waals surface area contributed by atoms with E-state index in [1.54, 1.807) is 19.3 Å². The lowest BCUT2D eigenvalue weighted by Crippen LogP contribution is -2.46. The van der Waals surface area contributed by atoms with E-state index in [0.29, 0.717) is 12.1 Å². The highest BCUT2D eigenvalue weighted by molar-refractivity contribution is 5.89. The van der Waals surface area contributed by atoms with Crippen molar-refractivity contribution in [3.63, 3.8) is 0 Å². The molecule has 0 aromatic carbocycles. The van der Waals surface area contributed by atoms with Crippen molar-refractivity contribution in [2.24, 2.45) is 7.05 Å². The predicted octanol–water partition coefficient (Wildman–Crippen LogP) is 0.668. The summed E-state index contributed by atoms with van der Waals surface area (Å²) in [4.78, 5) is 22.9. The van der Waals surface area contributed by atoms with Gasteiger partial charge in [0, 0.05) is 31.5 Å². The van der Waals surface area contributed by atoms with Crippen molar-refractivity contribution >= 4 is 11.7 Å². The topological polar surface area (TPSA) is 83.4 Å². The van der Waals surface area contributed by atoms with Crippen LogP contribution in [0.25, 0.3) is 0 Å². The van der Waals surface area contributed by atoms with Gasteiger partial charge in [-0.3, -0.25) is 4.79 Å². The molecule has 0 bridgehead atoms. The molecule has 1 heterocycles. The SMILES string of the molecule is Cn1cc(NC(=O)NC(C)(C)CCO)ccc1=O. The molecule has 1 rings (SSSR count). The minimum absolute atomic E-state index is 0.00706. The Labute approximate surface area is 106 Å². The Morgan fingerprint density at radius 2 is 2.11 bits per heavy atom. The molecule has 0 radical (unpaired) electrons. The first kappa shape index (κ1) is 14.2. The van der Waals surface area contributed by atoms with Crippen LogP contribution in [0.2, 0.25) is 0 Å². The largest absolute Gasteiger partial charge is 0.396 e. The first-order chi connectivity index (χ1) is 8.34. The second kappa shape index (κ2) is 5.68. The van der Waals surface area contributed by atoms with Crippen LogP contribution < -0.4 is 16.2 Å². The Morgan fingerprint density at radius 3 is 2.67 bits per heavy atom. The molecule has 18 heavy (non-hydrogen) atoms. The van der Waals surface area contributed by atoms with E-state index in [0.717, 1.165) is 0 Å². The van der Waals surface area contributed by atoms with E-state index in [9.17, 15) is 9.59 Å². The number of urea groups is 1. The van der Waals surface area contributed by atoms with Crippen LogP contribution in [-0.4, -0.2) is 27.9 Å². The predicted molar refractivity (Wildman–Crippen MR) is 69.6 cm³/mol.